The topological polar surface area (TPSA) is 53.9 Å². The number of rotatable bonds is 5. The van der Waals surface area contributed by atoms with Gasteiger partial charge in [-0.25, -0.2) is 8.42 Å². The van der Waals surface area contributed by atoms with E-state index in [1.54, 1.807) is 0 Å². The van der Waals surface area contributed by atoms with Crippen LogP contribution in [0.15, 0.2) is 323 Å². The van der Waals surface area contributed by atoms with Gasteiger partial charge in [0.15, 0.2) is 0 Å². The van der Waals surface area contributed by atoms with Gasteiger partial charge in [-0.2, -0.15) is 0 Å². The Bertz CT molecular complexity index is 6410. The van der Waals surface area contributed by atoms with Crippen molar-refractivity contribution in [2.75, 3.05) is 0 Å². The van der Waals surface area contributed by atoms with Crippen LogP contribution in [0.1, 0.15) is 22.3 Å². The number of sulfone groups is 1. The zero-order chi connectivity index (χ0) is 61.0. The fourth-order valence-corrected chi connectivity index (χ4v) is 19.5. The minimum Gasteiger partial charge on any atom is -0.309 e. The van der Waals surface area contributed by atoms with E-state index in [9.17, 15) is 0 Å². The van der Waals surface area contributed by atoms with E-state index in [4.69, 9.17) is 0 Å². The van der Waals surface area contributed by atoms with E-state index in [1.165, 1.54) is 75.7 Å². The third-order valence-corrected chi connectivity index (χ3v) is 23.5. The van der Waals surface area contributed by atoms with Crippen LogP contribution in [-0.2, 0) is 15.3 Å². The van der Waals surface area contributed by atoms with Gasteiger partial charge < -0.3 is 18.3 Å². The Hall–Kier alpha value is -11.4. The van der Waals surface area contributed by atoms with Crippen molar-refractivity contribution in [3.05, 3.63) is 326 Å². The number of para-hydroxylation sites is 6. The number of hydrogen-bond donors (Lipinski definition) is 0. The largest absolute Gasteiger partial charge is 0.309 e. The first-order valence-electron chi connectivity index (χ1n) is 31.6. The Morgan fingerprint density at radius 1 is 0.247 bits per heavy atom. The number of aromatic nitrogens is 4. The van der Waals surface area contributed by atoms with Crippen LogP contribution in [-0.4, -0.2) is 26.7 Å². The summed E-state index contributed by atoms with van der Waals surface area (Å²) in [5.74, 6) is 0. The van der Waals surface area contributed by atoms with Crippen molar-refractivity contribution in [2.24, 2.45) is 0 Å². The van der Waals surface area contributed by atoms with Crippen molar-refractivity contribution < 1.29 is 8.42 Å². The second-order valence-electron chi connectivity index (χ2n) is 25.1. The fraction of sp³-hybridized carbons (Fsp3) is 0.0118. The van der Waals surface area contributed by atoms with Gasteiger partial charge in [0, 0.05) is 86.8 Å². The molecule has 1 spiro atoms. The predicted octanol–water partition coefficient (Wildman–Crippen LogP) is 21.4. The molecule has 0 bridgehead atoms. The zero-order valence-electron chi connectivity index (χ0n) is 49.8. The summed E-state index contributed by atoms with van der Waals surface area (Å²) in [7, 11) is -3.92. The molecular weight excluding hydrogens is 1170 g/mol. The second kappa shape index (κ2) is 18.6. The Labute approximate surface area is 538 Å². The maximum absolute atomic E-state index is 15.1. The highest BCUT2D eigenvalue weighted by atomic mass is 32.2. The van der Waals surface area contributed by atoms with E-state index in [0.29, 0.717) is 9.79 Å². The van der Waals surface area contributed by atoms with Crippen molar-refractivity contribution in [2.45, 2.75) is 25.0 Å². The minimum absolute atomic E-state index is 0.331. The van der Waals surface area contributed by atoms with Crippen molar-refractivity contribution in [3.8, 4) is 56.1 Å². The number of nitrogens with zero attached hydrogens (tertiary/aromatic N) is 4. The van der Waals surface area contributed by atoms with E-state index < -0.39 is 15.3 Å². The lowest BCUT2D eigenvalue weighted by molar-refractivity contribution is 0.599. The van der Waals surface area contributed by atoms with E-state index >= 15 is 8.42 Å². The summed E-state index contributed by atoms with van der Waals surface area (Å²) >= 11 is 1.88. The van der Waals surface area contributed by atoms with Gasteiger partial charge >= 0.3 is 0 Å². The first kappa shape index (κ1) is 51.3. The molecule has 0 unspecified atom stereocenters. The smallest absolute Gasteiger partial charge is 0.207 e. The van der Waals surface area contributed by atoms with Gasteiger partial charge in [0.25, 0.3) is 0 Å². The van der Waals surface area contributed by atoms with Gasteiger partial charge in [0.2, 0.25) is 9.84 Å². The number of benzene rings is 14. The molecule has 0 N–H and O–H groups in total. The van der Waals surface area contributed by atoms with Crippen LogP contribution in [0.2, 0.25) is 0 Å². The predicted molar refractivity (Wildman–Crippen MR) is 382 cm³/mol. The summed E-state index contributed by atoms with van der Waals surface area (Å²) in [6.45, 7) is 0. The highest BCUT2D eigenvalue weighted by Gasteiger charge is 2.51. The van der Waals surface area contributed by atoms with Crippen molar-refractivity contribution in [3.63, 3.8) is 0 Å². The minimum atomic E-state index is -3.92. The molecule has 0 saturated heterocycles. The quantitative estimate of drug-likeness (QED) is 0.173. The van der Waals surface area contributed by atoms with Gasteiger partial charge in [-0.1, -0.05) is 182 Å². The monoisotopic (exact) mass is 1220 g/mol. The Morgan fingerprint density at radius 2 is 0.581 bits per heavy atom. The fourth-order valence-electron chi connectivity index (χ4n) is 16.7. The average Bonchev–Trinajstić information content (AvgIpc) is 1.52. The van der Waals surface area contributed by atoms with Gasteiger partial charge in [-0.05, 0) is 178 Å². The van der Waals surface area contributed by atoms with Crippen LogP contribution < -0.4 is 0 Å². The highest BCUT2D eigenvalue weighted by molar-refractivity contribution is 7.99. The van der Waals surface area contributed by atoms with E-state index in [-0.39, 0.29) is 0 Å². The molecule has 21 rings (SSSR count). The molecule has 14 aromatic carbocycles. The molecule has 4 aromatic heterocycles. The Kier molecular flexibility index (Phi) is 10.3. The van der Waals surface area contributed by atoms with Gasteiger partial charge in [0.1, 0.15) is 0 Å². The SMILES string of the molecule is O=S1(=O)c2cc3c(cc2-c2cc4c5ccccc5n(-c5ccc(-c6ccc7c8cc9c(cc8n(-c8ccccc8)c7c6)C6(c7ccccc7Sc7ccccc76)c6cc7c(cc6-9)c6ccccc6n7-c6ccccc6)cc5)c4cc21)c1ccccc1n3-c1ccccc1. The molecule has 0 radical (unpaired) electrons. The van der Waals surface area contributed by atoms with Crippen LogP contribution in [0.5, 0.6) is 0 Å². The van der Waals surface area contributed by atoms with Crippen molar-refractivity contribution >= 4 is 109 Å². The Morgan fingerprint density at radius 3 is 1.03 bits per heavy atom. The lowest BCUT2D eigenvalue weighted by Crippen LogP contribution is -2.32. The van der Waals surface area contributed by atoms with Gasteiger partial charge in [-0.15, -0.1) is 0 Å². The summed E-state index contributed by atoms with van der Waals surface area (Å²) < 4.78 is 39.6. The van der Waals surface area contributed by atoms with Crippen LogP contribution in [0.3, 0.4) is 0 Å². The summed E-state index contributed by atoms with van der Waals surface area (Å²) in [5.41, 5.74) is 23.3. The van der Waals surface area contributed by atoms with Crippen molar-refractivity contribution in [1.29, 1.82) is 0 Å². The highest BCUT2D eigenvalue weighted by Crippen LogP contribution is 2.64. The number of fused-ring (bicyclic) bond motifs is 24. The summed E-state index contributed by atoms with van der Waals surface area (Å²) in [5, 5.41) is 9.00. The van der Waals surface area contributed by atoms with Gasteiger partial charge in [-0.3, -0.25) is 0 Å². The molecule has 6 heterocycles. The summed E-state index contributed by atoms with van der Waals surface area (Å²) in [6, 6.07) is 110. The third-order valence-electron chi connectivity index (χ3n) is 20.5. The molecule has 0 atom stereocenters. The first-order chi connectivity index (χ1) is 45.9. The third kappa shape index (κ3) is 6.80. The van der Waals surface area contributed by atoms with E-state index in [0.717, 1.165) is 99.6 Å². The number of hydrogen-bond acceptors (Lipinski definition) is 3. The summed E-state index contributed by atoms with van der Waals surface area (Å²) in [4.78, 5) is 3.20. The van der Waals surface area contributed by atoms with Crippen LogP contribution in [0, 0.1) is 0 Å². The molecule has 1 aliphatic carbocycles. The molecule has 0 saturated carbocycles. The van der Waals surface area contributed by atoms with E-state index in [1.807, 2.05) is 48.2 Å². The van der Waals surface area contributed by atoms with Crippen LogP contribution in [0.4, 0.5) is 0 Å². The molecule has 2 aliphatic heterocycles. The molecule has 0 amide bonds. The first-order valence-corrected chi connectivity index (χ1v) is 33.9. The van der Waals surface area contributed by atoms with Gasteiger partial charge in [0.05, 0.1) is 59.3 Å². The summed E-state index contributed by atoms with van der Waals surface area (Å²) in [6.07, 6.45) is 0. The second-order valence-corrected chi connectivity index (χ2v) is 28.1. The molecule has 93 heavy (non-hydrogen) atoms. The lowest BCUT2D eigenvalue weighted by Gasteiger charge is -2.39. The molecule has 0 fully saturated rings. The molecule has 18 aromatic rings. The maximum atomic E-state index is 15.1. The zero-order valence-corrected chi connectivity index (χ0v) is 51.4. The lowest BCUT2D eigenvalue weighted by atomic mass is 9.67. The molecule has 6 nitrogen and oxygen atoms in total. The average molecular weight is 1220 g/mol. The van der Waals surface area contributed by atoms with E-state index in [2.05, 4.69) is 285 Å². The molecule has 3 aliphatic rings. The molecular formula is C85H50N4O2S2. The van der Waals surface area contributed by atoms with Crippen molar-refractivity contribution in [1.82, 2.24) is 18.3 Å². The maximum Gasteiger partial charge on any atom is 0.207 e. The van der Waals surface area contributed by atoms with Crippen LogP contribution >= 0.6 is 11.8 Å². The van der Waals surface area contributed by atoms with Crippen LogP contribution in [0.25, 0.3) is 143 Å². The molecule has 8 heteroatoms. The molecule has 434 valence electrons. The normalized spacial score (nSPS) is 14.0. The Balaban J connectivity index is 0.741. The standard InChI is InChI=1S/C85H50N4O2S2/c90-93(91)83-49-79-65(58-27-11-16-32-74(58)87(79)54-22-6-2-7-23-54)45-67(83)68-46-66-59-28-12-17-33-75(59)88(80(66)50-84(68)93)56-39-36-51(37-40-56)52-38-41-60-64-44-62-61-43-63-57-26-10-15-31-73(57)86(53-20-4-1-5-21-53)77(63)47-71(61)85(69-29-13-18-34-81(69)92-82-35-19-14-30-70(82)85)72(62)48-78(64)89(76(60)42-52)55-24-8-3-9-25-55/h1-50H.